The molecule has 0 aromatic heterocycles. The maximum atomic E-state index is 13.7. The molecule has 2 atom stereocenters. The highest BCUT2D eigenvalue weighted by atomic mass is 32.2. The van der Waals surface area contributed by atoms with Crippen molar-refractivity contribution in [3.05, 3.63) is 41.1 Å². The number of halogens is 1. The molecule has 1 fully saturated rings. The van der Waals surface area contributed by atoms with Crippen LogP contribution in [0.5, 0.6) is 0 Å². The van der Waals surface area contributed by atoms with E-state index in [9.17, 15) is 18.8 Å². The molecule has 2 heterocycles. The number of urea groups is 1. The maximum absolute atomic E-state index is 13.7. The predicted molar refractivity (Wildman–Crippen MR) is 108 cm³/mol. The quantitative estimate of drug-likeness (QED) is 0.729. The monoisotopic (exact) mass is 405 g/mol. The lowest BCUT2D eigenvalue weighted by atomic mass is 10.1. The zero-order chi connectivity index (χ0) is 20.4. The van der Waals surface area contributed by atoms with Crippen LogP contribution in [0.2, 0.25) is 0 Å². The molecule has 6 nitrogen and oxygen atoms in total. The van der Waals surface area contributed by atoms with Gasteiger partial charge >= 0.3 is 6.03 Å². The van der Waals surface area contributed by atoms with E-state index in [0.717, 1.165) is 17.7 Å². The van der Waals surface area contributed by atoms with Crippen molar-refractivity contribution in [1.29, 1.82) is 0 Å². The molecule has 8 heteroatoms. The van der Waals surface area contributed by atoms with Crippen LogP contribution in [0, 0.1) is 12.7 Å². The number of thioether (sulfide) groups is 1. The van der Waals surface area contributed by atoms with E-state index in [4.69, 9.17) is 0 Å². The van der Waals surface area contributed by atoms with Crippen molar-refractivity contribution < 1.29 is 18.8 Å². The van der Waals surface area contributed by atoms with E-state index >= 15 is 0 Å². The van der Waals surface area contributed by atoms with Gasteiger partial charge < -0.3 is 9.80 Å². The van der Waals surface area contributed by atoms with Crippen LogP contribution in [-0.4, -0.2) is 59.1 Å². The molecule has 1 saturated heterocycles. The summed E-state index contributed by atoms with van der Waals surface area (Å²) >= 11 is 1.33. The van der Waals surface area contributed by atoms with Crippen LogP contribution in [0.15, 0.2) is 29.7 Å². The summed E-state index contributed by atoms with van der Waals surface area (Å²) in [7, 11) is 1.72. The van der Waals surface area contributed by atoms with Crippen LogP contribution in [0.4, 0.5) is 14.9 Å². The van der Waals surface area contributed by atoms with E-state index in [1.54, 1.807) is 30.4 Å². The van der Waals surface area contributed by atoms with Gasteiger partial charge in [0.1, 0.15) is 17.6 Å². The second-order valence-electron chi connectivity index (χ2n) is 7.06. The van der Waals surface area contributed by atoms with E-state index < -0.39 is 23.1 Å². The van der Waals surface area contributed by atoms with Gasteiger partial charge in [-0.3, -0.25) is 9.59 Å². The molecule has 2 aliphatic heterocycles. The lowest BCUT2D eigenvalue weighted by Crippen LogP contribution is -2.63. The Balaban J connectivity index is 1.87. The zero-order valence-electron chi connectivity index (χ0n) is 16.2. The molecule has 0 radical (unpaired) electrons. The summed E-state index contributed by atoms with van der Waals surface area (Å²) in [4.78, 5) is 42.9. The van der Waals surface area contributed by atoms with Gasteiger partial charge in [-0.05, 0) is 42.5 Å². The summed E-state index contributed by atoms with van der Waals surface area (Å²) in [6, 6.07) is 3.13. The van der Waals surface area contributed by atoms with Gasteiger partial charge in [-0.25, -0.2) is 14.1 Å². The van der Waals surface area contributed by atoms with Crippen molar-refractivity contribution >= 4 is 35.3 Å². The van der Waals surface area contributed by atoms with Crippen molar-refractivity contribution in [1.82, 2.24) is 9.80 Å². The molecule has 28 heavy (non-hydrogen) atoms. The first-order chi connectivity index (χ1) is 13.3. The number of rotatable bonds is 6. The molecule has 1 aromatic carbocycles. The Morgan fingerprint density at radius 3 is 2.75 bits per heavy atom. The van der Waals surface area contributed by atoms with Crippen LogP contribution in [-0.2, 0) is 9.59 Å². The molecule has 1 aromatic rings. The molecule has 0 bridgehead atoms. The van der Waals surface area contributed by atoms with E-state index in [2.05, 4.69) is 0 Å². The fourth-order valence-electron chi connectivity index (χ4n) is 3.31. The first kappa shape index (κ1) is 20.4. The van der Waals surface area contributed by atoms with Gasteiger partial charge in [0.15, 0.2) is 0 Å². The summed E-state index contributed by atoms with van der Waals surface area (Å²) < 4.78 is 13.7. The van der Waals surface area contributed by atoms with Crippen molar-refractivity contribution in [3.63, 3.8) is 0 Å². The van der Waals surface area contributed by atoms with Crippen molar-refractivity contribution in [2.45, 2.75) is 38.0 Å². The Hall–Kier alpha value is -2.35. The highest BCUT2D eigenvalue weighted by Crippen LogP contribution is 2.36. The average Bonchev–Trinajstić information content (AvgIpc) is 3.16. The first-order valence-electron chi connectivity index (χ1n) is 9.32. The molecule has 4 amide bonds. The molecule has 0 spiro atoms. The number of aryl methyl sites for hydroxylation is 1. The molecule has 0 aliphatic carbocycles. The number of amides is 4. The lowest BCUT2D eigenvalue weighted by Gasteiger charge is -2.41. The van der Waals surface area contributed by atoms with Gasteiger partial charge in [0, 0.05) is 13.6 Å². The van der Waals surface area contributed by atoms with Gasteiger partial charge in [0.05, 0.1) is 11.7 Å². The standard InChI is InChI=1S/C20H24FN3O3S/c1-4-5-9-22(3)17(25)12-23-16-8-10-28-18(16)19(26)24(20(23)27)14-6-7-15(21)13(2)11-14/h6-8,10-11,16,18H,4-5,9,12H2,1-3H3. The molecule has 0 saturated carbocycles. The average molecular weight is 405 g/mol. The molecule has 3 rings (SSSR count). The molecule has 150 valence electrons. The largest absolute Gasteiger partial charge is 0.344 e. The van der Waals surface area contributed by atoms with Gasteiger partial charge in [-0.1, -0.05) is 19.4 Å². The third-order valence-electron chi connectivity index (χ3n) is 5.05. The molecule has 2 aliphatic rings. The molecule has 0 N–H and O–H groups in total. The number of fused-ring (bicyclic) bond motifs is 1. The van der Waals surface area contributed by atoms with E-state index in [1.165, 1.54) is 34.9 Å². The Kier molecular flexibility index (Phi) is 6.07. The lowest BCUT2D eigenvalue weighted by molar-refractivity contribution is -0.131. The number of carbonyl (C=O) groups excluding carboxylic acids is 3. The predicted octanol–water partition coefficient (Wildman–Crippen LogP) is 3.16. The number of hydrogen-bond donors (Lipinski definition) is 0. The van der Waals surface area contributed by atoms with Crippen molar-refractivity contribution in [2.75, 3.05) is 25.0 Å². The van der Waals surface area contributed by atoms with Crippen LogP contribution >= 0.6 is 11.8 Å². The Labute approximate surface area is 168 Å². The summed E-state index contributed by atoms with van der Waals surface area (Å²) in [5, 5.41) is 1.29. The zero-order valence-corrected chi connectivity index (χ0v) is 17.0. The van der Waals surface area contributed by atoms with Gasteiger partial charge in [-0.15, -0.1) is 11.8 Å². The Morgan fingerprint density at radius 2 is 2.07 bits per heavy atom. The van der Waals surface area contributed by atoms with Gasteiger partial charge in [0.2, 0.25) is 5.91 Å². The number of nitrogens with zero attached hydrogens (tertiary/aromatic N) is 3. The second kappa shape index (κ2) is 8.34. The summed E-state index contributed by atoms with van der Waals surface area (Å²) in [6.45, 7) is 4.15. The Bertz CT molecular complexity index is 829. The molecule has 2 unspecified atom stereocenters. The number of anilines is 1. The topological polar surface area (TPSA) is 60.9 Å². The third kappa shape index (κ3) is 3.78. The van der Waals surface area contributed by atoms with Crippen LogP contribution in [0.3, 0.4) is 0 Å². The van der Waals surface area contributed by atoms with E-state index in [0.29, 0.717) is 17.8 Å². The summed E-state index contributed by atoms with van der Waals surface area (Å²) in [6.07, 6.45) is 3.64. The SMILES string of the molecule is CCCCN(C)C(=O)CN1C(=O)N(c2ccc(F)c(C)c2)C(=O)C2SC=CC21. The number of carbonyl (C=O) groups is 3. The molecular weight excluding hydrogens is 381 g/mol. The van der Waals surface area contributed by atoms with Gasteiger partial charge in [-0.2, -0.15) is 0 Å². The number of likely N-dealkylation sites (N-methyl/N-ethyl adjacent to an activating group) is 1. The Morgan fingerprint density at radius 1 is 1.32 bits per heavy atom. The number of unbranched alkanes of at least 4 members (excludes halogenated alkanes) is 1. The highest BCUT2D eigenvalue weighted by molar-refractivity contribution is 8.03. The smallest absolute Gasteiger partial charge is 0.332 e. The fourth-order valence-corrected chi connectivity index (χ4v) is 4.35. The van der Waals surface area contributed by atoms with Gasteiger partial charge in [0.25, 0.3) is 5.91 Å². The third-order valence-corrected chi connectivity index (χ3v) is 6.14. The minimum atomic E-state index is -0.554. The normalized spacial score (nSPS) is 21.3. The number of benzene rings is 1. The number of hydrogen-bond acceptors (Lipinski definition) is 4. The van der Waals surface area contributed by atoms with Crippen LogP contribution in [0.1, 0.15) is 25.3 Å². The van der Waals surface area contributed by atoms with Crippen molar-refractivity contribution in [3.8, 4) is 0 Å². The van der Waals surface area contributed by atoms with E-state index in [1.807, 2.05) is 6.92 Å². The van der Waals surface area contributed by atoms with E-state index in [-0.39, 0.29) is 18.4 Å². The minimum absolute atomic E-state index is 0.102. The molecular formula is C20H24FN3O3S. The van der Waals surface area contributed by atoms with Crippen LogP contribution < -0.4 is 4.90 Å². The minimum Gasteiger partial charge on any atom is -0.344 e. The second-order valence-corrected chi connectivity index (χ2v) is 8.11. The summed E-state index contributed by atoms with van der Waals surface area (Å²) in [5.74, 6) is -0.922. The van der Waals surface area contributed by atoms with Crippen molar-refractivity contribution in [2.24, 2.45) is 0 Å². The van der Waals surface area contributed by atoms with Crippen LogP contribution in [0.25, 0.3) is 0 Å². The summed E-state index contributed by atoms with van der Waals surface area (Å²) in [5.41, 5.74) is 0.663. The first-order valence-corrected chi connectivity index (χ1v) is 10.3. The fraction of sp³-hybridized carbons (Fsp3) is 0.450. The highest BCUT2D eigenvalue weighted by Gasteiger charge is 2.48. The maximum Gasteiger partial charge on any atom is 0.332 e. The number of imide groups is 1.